The number of fused-ring (bicyclic) bond motifs is 1. The molecule has 1 spiro atoms. The number of quaternary nitrogens is 1. The zero-order valence-corrected chi connectivity index (χ0v) is 19.0. The van der Waals surface area contributed by atoms with Crippen molar-refractivity contribution >= 4 is 39.4 Å². The van der Waals surface area contributed by atoms with Gasteiger partial charge in [-0.1, -0.05) is 18.7 Å². The molecule has 0 radical (unpaired) electrons. The lowest BCUT2D eigenvalue weighted by Crippen LogP contribution is -2.61. The maximum Gasteiger partial charge on any atom is 0.356 e. The molecular weight excluding hydrogens is 454 g/mol. The lowest BCUT2D eigenvalue weighted by molar-refractivity contribution is -0.828. The largest absolute Gasteiger partial charge is 0.393 e. The molecule has 3 aliphatic rings. The zero-order chi connectivity index (χ0) is 23.1. The molecule has 170 valence electrons. The van der Waals surface area contributed by atoms with Crippen molar-refractivity contribution in [2.24, 2.45) is 11.7 Å². The van der Waals surface area contributed by atoms with Crippen LogP contribution in [0.4, 0.5) is 5.69 Å². The summed E-state index contributed by atoms with van der Waals surface area (Å²) in [4.78, 5) is 27.3. The van der Waals surface area contributed by atoms with Gasteiger partial charge in [0.1, 0.15) is 24.4 Å². The highest BCUT2D eigenvalue weighted by Gasteiger charge is 2.52. The monoisotopic (exact) mass is 478 g/mol. The molecule has 1 saturated heterocycles. The van der Waals surface area contributed by atoms with Crippen LogP contribution in [0.5, 0.6) is 0 Å². The van der Waals surface area contributed by atoms with Gasteiger partial charge in [0.15, 0.2) is 0 Å². The Morgan fingerprint density at radius 1 is 1.28 bits per heavy atom. The highest BCUT2D eigenvalue weighted by Crippen LogP contribution is 2.46. The Kier molecular flexibility index (Phi) is 6.03. The number of hydrogen-bond donors (Lipinski definition) is 3. The second-order valence-electron chi connectivity index (χ2n) is 7.78. The van der Waals surface area contributed by atoms with Crippen LogP contribution >= 0.6 is 11.8 Å². The van der Waals surface area contributed by atoms with Crippen molar-refractivity contribution in [3.63, 3.8) is 0 Å². The highest BCUT2D eigenvalue weighted by atomic mass is 32.2. The van der Waals surface area contributed by atoms with Crippen molar-refractivity contribution in [2.45, 2.75) is 18.2 Å². The summed E-state index contributed by atoms with van der Waals surface area (Å²) in [6, 6.07) is 5.05. The number of benzene rings is 1. The van der Waals surface area contributed by atoms with Crippen LogP contribution < -0.4 is 11.1 Å². The van der Waals surface area contributed by atoms with Crippen LogP contribution in [0.1, 0.15) is 13.3 Å². The first-order valence-electron chi connectivity index (χ1n) is 10.2. The molecule has 3 heterocycles. The summed E-state index contributed by atoms with van der Waals surface area (Å²) in [6.45, 7) is 3.74. The van der Waals surface area contributed by atoms with Crippen molar-refractivity contribution in [1.82, 2.24) is 0 Å². The number of anilines is 1. The number of nitrogens with zero attached hydrogens (tertiary/aromatic N) is 1. The van der Waals surface area contributed by atoms with E-state index >= 15 is 0 Å². The first-order valence-corrected chi connectivity index (χ1v) is 12.4. The van der Waals surface area contributed by atoms with Gasteiger partial charge in [0.25, 0.3) is 16.0 Å². The van der Waals surface area contributed by atoms with E-state index in [-0.39, 0.29) is 26.8 Å². The molecule has 1 aromatic carbocycles. The Morgan fingerprint density at radius 3 is 2.53 bits per heavy atom. The quantitative estimate of drug-likeness (QED) is 0.340. The predicted octanol–water partition coefficient (Wildman–Crippen LogP) is 1.97. The Hall–Kier alpha value is -2.44. The minimum atomic E-state index is -4.34. The van der Waals surface area contributed by atoms with Crippen LogP contribution in [0.15, 0.2) is 62.5 Å². The smallest absolute Gasteiger partial charge is 0.356 e. The van der Waals surface area contributed by atoms with Gasteiger partial charge in [-0.15, -0.1) is 0 Å². The number of ether oxygens (including phenoxy) is 1. The molecule has 1 unspecified atom stereocenters. The van der Waals surface area contributed by atoms with Crippen molar-refractivity contribution in [1.29, 1.82) is 0 Å². The van der Waals surface area contributed by atoms with E-state index in [9.17, 15) is 18.0 Å². The second-order valence-corrected chi connectivity index (χ2v) is 10.3. The normalized spacial score (nSPS) is 22.8. The number of nitrogens with two attached hydrogens (primary N) is 1. The van der Waals surface area contributed by atoms with Gasteiger partial charge in [-0.3, -0.25) is 9.35 Å². The van der Waals surface area contributed by atoms with Gasteiger partial charge in [-0.25, -0.2) is 9.28 Å². The number of nitrogens with one attached hydrogen (secondary N) is 1. The van der Waals surface area contributed by atoms with E-state index < -0.39 is 16.0 Å². The molecule has 0 bridgehead atoms. The molecule has 1 fully saturated rings. The number of hydrogen-bond acceptors (Lipinski definition) is 7. The van der Waals surface area contributed by atoms with Crippen molar-refractivity contribution < 1.29 is 31.8 Å². The maximum absolute atomic E-state index is 13.7. The molecule has 0 saturated carbocycles. The fraction of sp³-hybridized carbons (Fsp3) is 0.333. The molecule has 11 heteroatoms. The van der Waals surface area contributed by atoms with Gasteiger partial charge in [0.2, 0.25) is 0 Å². The fourth-order valence-electron chi connectivity index (χ4n) is 4.32. The zero-order valence-electron chi connectivity index (χ0n) is 17.4. The molecule has 32 heavy (non-hydrogen) atoms. The topological polar surface area (TPSA) is 136 Å². The van der Waals surface area contributed by atoms with Crippen LogP contribution in [-0.2, 0) is 24.4 Å². The lowest BCUT2D eigenvalue weighted by Gasteiger charge is -2.45. The molecule has 1 atom stereocenters. The summed E-state index contributed by atoms with van der Waals surface area (Å²) in [7, 11) is -4.34. The molecule has 4 rings (SSSR count). The number of carbonyl (C=O) groups is 2. The second kappa shape index (κ2) is 8.49. The van der Waals surface area contributed by atoms with Gasteiger partial charge >= 0.3 is 5.91 Å². The molecule has 2 amide bonds. The third kappa shape index (κ3) is 4.02. The van der Waals surface area contributed by atoms with Gasteiger partial charge in [-0.05, 0) is 42.8 Å². The van der Waals surface area contributed by atoms with Crippen LogP contribution in [0.3, 0.4) is 0 Å². The van der Waals surface area contributed by atoms with E-state index in [1.54, 1.807) is 6.08 Å². The molecule has 3 aliphatic heterocycles. The number of carbonyl (C=O) groups excluding carboxylic acids is 2. The highest BCUT2D eigenvalue weighted by molar-refractivity contribution is 8.06. The Bertz CT molecular complexity index is 1160. The van der Waals surface area contributed by atoms with Gasteiger partial charge in [0.05, 0.1) is 34.0 Å². The van der Waals surface area contributed by atoms with E-state index in [0.29, 0.717) is 37.0 Å². The minimum Gasteiger partial charge on any atom is -0.393 e. The molecule has 4 N–H and O–H groups in total. The SMILES string of the molecule is CCC1C=C(N)SC2=C1[N+]1(CCOCC1)C(=O)C(C(=O)Nc1ccc(S(=O)(=O)O)cc1)=C2. The van der Waals surface area contributed by atoms with Crippen LogP contribution in [0.2, 0.25) is 0 Å². The van der Waals surface area contributed by atoms with E-state index in [4.69, 9.17) is 15.0 Å². The van der Waals surface area contributed by atoms with Crippen molar-refractivity contribution in [3.05, 3.63) is 57.6 Å². The van der Waals surface area contributed by atoms with Crippen LogP contribution in [0.25, 0.3) is 0 Å². The first kappa shape index (κ1) is 22.7. The summed E-state index contributed by atoms with van der Waals surface area (Å²) >= 11 is 1.35. The fourth-order valence-corrected chi connectivity index (χ4v) is 5.89. The predicted molar refractivity (Wildman–Crippen MR) is 119 cm³/mol. The third-order valence-corrected chi connectivity index (χ3v) is 7.67. The number of rotatable bonds is 4. The molecule has 0 aromatic heterocycles. The van der Waals surface area contributed by atoms with Crippen LogP contribution in [0, 0.1) is 5.92 Å². The molecular formula is C21H24N3O6S2+. The summed E-state index contributed by atoms with van der Waals surface area (Å²) in [5.41, 5.74) is 7.41. The average Bonchev–Trinajstić information content (AvgIpc) is 2.76. The Morgan fingerprint density at radius 2 is 1.94 bits per heavy atom. The average molecular weight is 479 g/mol. The number of allylic oxidation sites excluding steroid dienone is 2. The summed E-state index contributed by atoms with van der Waals surface area (Å²) in [5, 5.41) is 3.28. The Balaban J connectivity index is 1.70. The van der Waals surface area contributed by atoms with E-state index in [1.807, 2.05) is 13.0 Å². The number of amides is 2. The van der Waals surface area contributed by atoms with Gasteiger partial charge in [-0.2, -0.15) is 8.42 Å². The first-order chi connectivity index (χ1) is 15.2. The van der Waals surface area contributed by atoms with Gasteiger partial charge in [0, 0.05) is 5.69 Å². The van der Waals surface area contributed by atoms with Crippen LogP contribution in [-0.4, -0.2) is 55.6 Å². The standard InChI is InChI=1S/C21H23N3O6S2/c1-2-13-11-18(22)31-17-12-16(21(26)24(19(13)17)7-9-30-10-8-24)20(25)23-14-3-5-15(6-4-14)32(27,28)29/h3-6,11-13H,2,7-10,22H2,1H3,(H-,23,25,27,28,29)/p+1. The van der Waals surface area contributed by atoms with Crippen molar-refractivity contribution in [2.75, 3.05) is 31.6 Å². The lowest BCUT2D eigenvalue weighted by atomic mass is 9.92. The minimum absolute atomic E-state index is 0.00198. The third-order valence-electron chi connectivity index (χ3n) is 5.88. The van der Waals surface area contributed by atoms with E-state index in [2.05, 4.69) is 5.32 Å². The number of morpholine rings is 1. The number of thioether (sulfide) groups is 1. The van der Waals surface area contributed by atoms with Gasteiger partial charge < -0.3 is 15.8 Å². The van der Waals surface area contributed by atoms with E-state index in [1.165, 1.54) is 36.0 Å². The molecule has 9 nitrogen and oxygen atoms in total. The molecule has 0 aliphatic carbocycles. The Labute approximate surface area is 190 Å². The summed E-state index contributed by atoms with van der Waals surface area (Å²) in [6.07, 6.45) is 4.36. The maximum atomic E-state index is 13.7. The van der Waals surface area contributed by atoms with E-state index in [0.717, 1.165) is 17.0 Å². The summed E-state index contributed by atoms with van der Waals surface area (Å²) < 4.78 is 37.1. The van der Waals surface area contributed by atoms with Crippen molar-refractivity contribution in [3.8, 4) is 0 Å². The molecule has 1 aromatic rings. The summed E-state index contributed by atoms with van der Waals surface area (Å²) in [5.74, 6) is -0.874.